The summed E-state index contributed by atoms with van der Waals surface area (Å²) in [5.74, 6) is 0. The van der Waals surface area contributed by atoms with E-state index in [4.69, 9.17) is 5.73 Å². The van der Waals surface area contributed by atoms with Crippen LogP contribution in [0.4, 0.5) is 0 Å². The Morgan fingerprint density at radius 3 is 2.61 bits per heavy atom. The minimum Gasteiger partial charge on any atom is -0.329 e. The molecular formula is C16H26N2. The van der Waals surface area contributed by atoms with Gasteiger partial charge in [0.05, 0.1) is 0 Å². The first-order chi connectivity index (χ1) is 8.76. The molecule has 18 heavy (non-hydrogen) atoms. The normalized spacial score (nSPS) is 18.4. The molecule has 1 aliphatic rings. The highest BCUT2D eigenvalue weighted by molar-refractivity contribution is 5.25. The molecule has 0 aliphatic heterocycles. The van der Waals surface area contributed by atoms with Crippen LogP contribution in [0.2, 0.25) is 0 Å². The standard InChI is InChI=1S/C16H26N2/c1-3-18(15-9-4-5-10-15)16(12-17)14-8-6-7-13(2)11-14/h6-8,11,15-16H,3-5,9-10,12,17H2,1-2H3. The van der Waals surface area contributed by atoms with E-state index in [0.29, 0.717) is 12.6 Å². The average Bonchev–Trinajstić information content (AvgIpc) is 2.89. The predicted octanol–water partition coefficient (Wildman–Crippen LogP) is 3.26. The van der Waals surface area contributed by atoms with Gasteiger partial charge < -0.3 is 5.73 Å². The van der Waals surface area contributed by atoms with E-state index in [-0.39, 0.29) is 0 Å². The van der Waals surface area contributed by atoms with Crippen molar-refractivity contribution >= 4 is 0 Å². The van der Waals surface area contributed by atoms with E-state index in [0.717, 1.165) is 12.6 Å². The van der Waals surface area contributed by atoms with Gasteiger partial charge in [-0.15, -0.1) is 0 Å². The third kappa shape index (κ3) is 2.93. The molecule has 2 heteroatoms. The van der Waals surface area contributed by atoms with Gasteiger partial charge in [0.1, 0.15) is 0 Å². The lowest BCUT2D eigenvalue weighted by Crippen LogP contribution is -2.40. The summed E-state index contributed by atoms with van der Waals surface area (Å²) in [6.45, 7) is 6.23. The molecular weight excluding hydrogens is 220 g/mol. The highest BCUT2D eigenvalue weighted by atomic mass is 15.2. The van der Waals surface area contributed by atoms with Crippen molar-refractivity contribution in [3.8, 4) is 0 Å². The van der Waals surface area contributed by atoms with Gasteiger partial charge in [-0.25, -0.2) is 0 Å². The first-order valence-electron chi connectivity index (χ1n) is 7.28. The number of nitrogens with two attached hydrogens (primary N) is 1. The maximum Gasteiger partial charge on any atom is 0.0473 e. The van der Waals surface area contributed by atoms with Crippen LogP contribution < -0.4 is 5.73 Å². The molecule has 0 amide bonds. The Labute approximate surface area is 111 Å². The summed E-state index contributed by atoms with van der Waals surface area (Å²) >= 11 is 0. The van der Waals surface area contributed by atoms with Crippen molar-refractivity contribution in [3.05, 3.63) is 35.4 Å². The second-order valence-corrected chi connectivity index (χ2v) is 5.43. The van der Waals surface area contributed by atoms with E-state index in [1.165, 1.54) is 36.8 Å². The summed E-state index contributed by atoms with van der Waals surface area (Å²) in [4.78, 5) is 2.61. The van der Waals surface area contributed by atoms with Crippen molar-refractivity contribution < 1.29 is 0 Å². The number of hydrogen-bond donors (Lipinski definition) is 1. The van der Waals surface area contributed by atoms with Gasteiger partial charge in [-0.05, 0) is 31.9 Å². The summed E-state index contributed by atoms with van der Waals surface area (Å²) in [5, 5.41) is 0. The van der Waals surface area contributed by atoms with Crippen LogP contribution in [-0.2, 0) is 0 Å². The van der Waals surface area contributed by atoms with E-state index < -0.39 is 0 Å². The molecule has 0 heterocycles. The van der Waals surface area contributed by atoms with Crippen molar-refractivity contribution in [1.82, 2.24) is 4.90 Å². The second-order valence-electron chi connectivity index (χ2n) is 5.43. The molecule has 2 rings (SSSR count). The zero-order chi connectivity index (χ0) is 13.0. The van der Waals surface area contributed by atoms with Crippen LogP contribution in [0.15, 0.2) is 24.3 Å². The molecule has 0 bridgehead atoms. The third-order valence-electron chi connectivity index (χ3n) is 4.21. The number of rotatable bonds is 5. The third-order valence-corrected chi connectivity index (χ3v) is 4.21. The van der Waals surface area contributed by atoms with Gasteiger partial charge in [-0.3, -0.25) is 4.90 Å². The van der Waals surface area contributed by atoms with E-state index >= 15 is 0 Å². The SMILES string of the molecule is CCN(C1CCCC1)C(CN)c1cccc(C)c1. The first-order valence-corrected chi connectivity index (χ1v) is 7.28. The Bertz CT molecular complexity index is 369. The van der Waals surface area contributed by atoms with Crippen LogP contribution in [0.25, 0.3) is 0 Å². The molecule has 1 aliphatic carbocycles. The monoisotopic (exact) mass is 246 g/mol. The van der Waals surface area contributed by atoms with Crippen LogP contribution in [0.5, 0.6) is 0 Å². The molecule has 1 aromatic carbocycles. The fraction of sp³-hybridized carbons (Fsp3) is 0.625. The topological polar surface area (TPSA) is 29.3 Å². The Kier molecular flexibility index (Phi) is 4.79. The lowest BCUT2D eigenvalue weighted by atomic mass is 10.0. The molecule has 1 aromatic rings. The Morgan fingerprint density at radius 1 is 1.33 bits per heavy atom. The zero-order valence-corrected chi connectivity index (χ0v) is 11.7. The van der Waals surface area contributed by atoms with Crippen LogP contribution in [-0.4, -0.2) is 24.0 Å². The molecule has 0 spiro atoms. The molecule has 2 N–H and O–H groups in total. The number of benzene rings is 1. The molecule has 0 aromatic heterocycles. The number of hydrogen-bond acceptors (Lipinski definition) is 2. The van der Waals surface area contributed by atoms with E-state index in [9.17, 15) is 0 Å². The van der Waals surface area contributed by atoms with Gasteiger partial charge in [0.25, 0.3) is 0 Å². The van der Waals surface area contributed by atoms with Gasteiger partial charge in [0.15, 0.2) is 0 Å². The van der Waals surface area contributed by atoms with E-state index in [1.54, 1.807) is 0 Å². The molecule has 2 nitrogen and oxygen atoms in total. The van der Waals surface area contributed by atoms with E-state index in [1.807, 2.05) is 0 Å². The lowest BCUT2D eigenvalue weighted by molar-refractivity contribution is 0.147. The first kappa shape index (κ1) is 13.6. The second kappa shape index (κ2) is 6.35. The van der Waals surface area contributed by atoms with Crippen molar-refractivity contribution in [1.29, 1.82) is 0 Å². The summed E-state index contributed by atoms with van der Waals surface area (Å²) in [6, 6.07) is 9.94. The molecule has 0 saturated heterocycles. The van der Waals surface area contributed by atoms with Crippen molar-refractivity contribution in [2.75, 3.05) is 13.1 Å². The van der Waals surface area contributed by atoms with Crippen LogP contribution in [0.3, 0.4) is 0 Å². The van der Waals surface area contributed by atoms with Crippen LogP contribution in [0.1, 0.15) is 49.8 Å². The smallest absolute Gasteiger partial charge is 0.0473 e. The van der Waals surface area contributed by atoms with Crippen molar-refractivity contribution in [2.24, 2.45) is 5.73 Å². The predicted molar refractivity (Wildman–Crippen MR) is 77.6 cm³/mol. The number of likely N-dealkylation sites (N-methyl/N-ethyl adjacent to an activating group) is 1. The summed E-state index contributed by atoms with van der Waals surface area (Å²) in [5.41, 5.74) is 8.77. The summed E-state index contributed by atoms with van der Waals surface area (Å²) < 4.78 is 0. The Morgan fingerprint density at radius 2 is 2.06 bits per heavy atom. The summed E-state index contributed by atoms with van der Waals surface area (Å²) in [7, 11) is 0. The zero-order valence-electron chi connectivity index (χ0n) is 11.7. The largest absolute Gasteiger partial charge is 0.329 e. The van der Waals surface area contributed by atoms with Gasteiger partial charge in [-0.1, -0.05) is 49.6 Å². The van der Waals surface area contributed by atoms with Crippen molar-refractivity contribution in [2.45, 2.75) is 51.6 Å². The van der Waals surface area contributed by atoms with Crippen molar-refractivity contribution in [3.63, 3.8) is 0 Å². The Balaban J connectivity index is 2.19. The highest BCUT2D eigenvalue weighted by Crippen LogP contribution is 2.30. The maximum absolute atomic E-state index is 6.06. The molecule has 1 saturated carbocycles. The minimum absolute atomic E-state index is 0.387. The molecule has 1 unspecified atom stereocenters. The average molecular weight is 246 g/mol. The minimum atomic E-state index is 0.387. The fourth-order valence-electron chi connectivity index (χ4n) is 3.31. The molecule has 1 fully saturated rings. The lowest BCUT2D eigenvalue weighted by Gasteiger charge is -2.35. The quantitative estimate of drug-likeness (QED) is 0.864. The van der Waals surface area contributed by atoms with Gasteiger partial charge >= 0.3 is 0 Å². The summed E-state index contributed by atoms with van der Waals surface area (Å²) in [6.07, 6.45) is 5.45. The van der Waals surface area contributed by atoms with Gasteiger partial charge in [0, 0.05) is 18.6 Å². The number of nitrogens with zero attached hydrogens (tertiary/aromatic N) is 1. The van der Waals surface area contributed by atoms with Gasteiger partial charge in [-0.2, -0.15) is 0 Å². The Hall–Kier alpha value is -0.860. The molecule has 100 valence electrons. The van der Waals surface area contributed by atoms with Crippen LogP contribution in [0, 0.1) is 6.92 Å². The highest BCUT2D eigenvalue weighted by Gasteiger charge is 2.27. The molecule has 1 atom stereocenters. The van der Waals surface area contributed by atoms with Gasteiger partial charge in [0.2, 0.25) is 0 Å². The fourth-order valence-corrected chi connectivity index (χ4v) is 3.31. The number of aryl methyl sites for hydroxylation is 1. The molecule has 0 radical (unpaired) electrons. The maximum atomic E-state index is 6.06. The van der Waals surface area contributed by atoms with E-state index in [2.05, 4.69) is 43.0 Å². The van der Waals surface area contributed by atoms with Crippen LogP contribution >= 0.6 is 0 Å².